The van der Waals surface area contributed by atoms with Crippen LogP contribution < -0.4 is 0 Å². The summed E-state index contributed by atoms with van der Waals surface area (Å²) in [5.41, 5.74) is -0.492. The average molecular weight is 322 g/mol. The van der Waals surface area contributed by atoms with Crippen LogP contribution in [0, 0.1) is 6.92 Å². The van der Waals surface area contributed by atoms with Crippen LogP contribution in [0.4, 0.5) is 13.2 Å². The molecule has 1 aromatic rings. The highest BCUT2D eigenvalue weighted by molar-refractivity contribution is 8.13. The molecule has 0 amide bonds. The lowest BCUT2D eigenvalue weighted by Crippen LogP contribution is -2.20. The highest BCUT2D eigenvalue weighted by Gasteiger charge is 2.32. The summed E-state index contributed by atoms with van der Waals surface area (Å²) >= 11 is 0.993. The molecule has 3 nitrogen and oxygen atoms in total. The fourth-order valence-electron chi connectivity index (χ4n) is 1.85. The zero-order valence-corrected chi connectivity index (χ0v) is 12.5. The molecular weight excluding hydrogens is 305 g/mol. The Morgan fingerprint density at radius 1 is 1.29 bits per heavy atom. The molecule has 0 saturated heterocycles. The Morgan fingerprint density at radius 2 is 1.90 bits per heavy atom. The van der Waals surface area contributed by atoms with Crippen LogP contribution in [0.2, 0.25) is 0 Å². The largest absolute Gasteiger partial charge is 0.416 e. The van der Waals surface area contributed by atoms with Gasteiger partial charge in [-0.3, -0.25) is 4.79 Å². The molecule has 2 unspecified atom stereocenters. The van der Waals surface area contributed by atoms with Crippen LogP contribution in [-0.2, 0) is 11.0 Å². The first-order valence-electron chi connectivity index (χ1n) is 6.29. The van der Waals surface area contributed by atoms with Crippen LogP contribution in [0.3, 0.4) is 0 Å². The number of alkyl halides is 3. The standard InChI is InChI=1S/C14H17F3O3S/c1-8-5-10(7-11(6-8)14(15,16)17)13(20)12(19)3-4-21-9(2)18/h5-7,12-13,19-20H,3-4H2,1-2H3. The van der Waals surface area contributed by atoms with Crippen molar-refractivity contribution in [2.45, 2.75) is 38.7 Å². The summed E-state index contributed by atoms with van der Waals surface area (Å²) in [6.07, 6.45) is -7.03. The molecule has 2 atom stereocenters. The van der Waals surface area contributed by atoms with Crippen molar-refractivity contribution in [1.82, 2.24) is 0 Å². The fourth-order valence-corrected chi connectivity index (χ4v) is 2.50. The molecule has 0 aliphatic rings. The van der Waals surface area contributed by atoms with Crippen molar-refractivity contribution in [2.24, 2.45) is 0 Å². The molecule has 0 aliphatic carbocycles. The number of benzene rings is 1. The molecule has 0 heterocycles. The minimum atomic E-state index is -4.50. The fraction of sp³-hybridized carbons (Fsp3) is 0.500. The van der Waals surface area contributed by atoms with Gasteiger partial charge in [0.1, 0.15) is 6.10 Å². The molecule has 0 bridgehead atoms. The lowest BCUT2D eigenvalue weighted by molar-refractivity contribution is -0.137. The van der Waals surface area contributed by atoms with E-state index in [1.54, 1.807) is 0 Å². The van der Waals surface area contributed by atoms with Crippen LogP contribution in [0.1, 0.15) is 36.1 Å². The maximum atomic E-state index is 12.7. The number of hydrogen-bond acceptors (Lipinski definition) is 4. The number of aliphatic hydroxyl groups excluding tert-OH is 2. The Morgan fingerprint density at radius 3 is 2.43 bits per heavy atom. The van der Waals surface area contributed by atoms with Gasteiger partial charge in [-0.1, -0.05) is 23.4 Å². The number of aryl methyl sites for hydroxylation is 1. The van der Waals surface area contributed by atoms with E-state index in [-0.39, 0.29) is 17.1 Å². The maximum Gasteiger partial charge on any atom is 0.416 e. The van der Waals surface area contributed by atoms with E-state index < -0.39 is 23.9 Å². The van der Waals surface area contributed by atoms with Gasteiger partial charge in [0.25, 0.3) is 0 Å². The number of carbonyl (C=O) groups is 1. The molecular formula is C14H17F3O3S. The lowest BCUT2D eigenvalue weighted by atomic mass is 9.98. The van der Waals surface area contributed by atoms with Crippen molar-refractivity contribution in [3.05, 3.63) is 34.9 Å². The van der Waals surface area contributed by atoms with Gasteiger partial charge in [0.05, 0.1) is 11.7 Å². The van der Waals surface area contributed by atoms with Crippen molar-refractivity contribution in [1.29, 1.82) is 0 Å². The molecule has 7 heteroatoms. The van der Waals surface area contributed by atoms with Crippen molar-refractivity contribution >= 4 is 16.9 Å². The van der Waals surface area contributed by atoms with Gasteiger partial charge in [-0.2, -0.15) is 13.2 Å². The normalized spacial score (nSPS) is 14.8. The zero-order chi connectivity index (χ0) is 16.2. The molecule has 0 spiro atoms. The minimum absolute atomic E-state index is 0.0163. The molecule has 0 aromatic heterocycles. The van der Waals surface area contributed by atoms with Crippen LogP contribution in [0.5, 0.6) is 0 Å². The maximum absolute atomic E-state index is 12.7. The van der Waals surface area contributed by atoms with E-state index in [0.717, 1.165) is 23.9 Å². The summed E-state index contributed by atoms with van der Waals surface area (Å²) in [4.78, 5) is 10.8. The van der Waals surface area contributed by atoms with E-state index in [1.165, 1.54) is 19.9 Å². The molecule has 0 saturated carbocycles. The third-order valence-electron chi connectivity index (χ3n) is 2.85. The third kappa shape index (κ3) is 5.68. The Labute approximate surface area is 125 Å². The highest BCUT2D eigenvalue weighted by atomic mass is 32.2. The van der Waals surface area contributed by atoms with Gasteiger partial charge in [-0.05, 0) is 31.0 Å². The summed E-state index contributed by atoms with van der Waals surface area (Å²) < 4.78 is 38.2. The van der Waals surface area contributed by atoms with E-state index in [1.807, 2.05) is 0 Å². The van der Waals surface area contributed by atoms with Gasteiger partial charge in [-0.25, -0.2) is 0 Å². The summed E-state index contributed by atoms with van der Waals surface area (Å²) in [5, 5.41) is 19.7. The van der Waals surface area contributed by atoms with E-state index in [2.05, 4.69) is 0 Å². The number of hydrogen-bond donors (Lipinski definition) is 2. The second-order valence-electron chi connectivity index (χ2n) is 4.77. The molecule has 1 aromatic carbocycles. The van der Waals surface area contributed by atoms with Gasteiger partial charge < -0.3 is 10.2 Å². The Bertz CT molecular complexity index is 503. The first kappa shape index (κ1) is 18.0. The lowest BCUT2D eigenvalue weighted by Gasteiger charge is -2.19. The van der Waals surface area contributed by atoms with Crippen molar-refractivity contribution < 1.29 is 28.2 Å². The minimum Gasteiger partial charge on any atom is -0.390 e. The first-order chi connectivity index (χ1) is 9.61. The topological polar surface area (TPSA) is 57.5 Å². The Hall–Kier alpha value is -1.05. The first-order valence-corrected chi connectivity index (χ1v) is 7.28. The highest BCUT2D eigenvalue weighted by Crippen LogP contribution is 2.32. The summed E-state index contributed by atoms with van der Waals surface area (Å²) in [5.74, 6) is 0.297. The molecule has 0 radical (unpaired) electrons. The number of thioether (sulfide) groups is 1. The van der Waals surface area contributed by atoms with Gasteiger partial charge >= 0.3 is 6.18 Å². The van der Waals surface area contributed by atoms with Crippen molar-refractivity contribution in [3.63, 3.8) is 0 Å². The molecule has 1 rings (SSSR count). The van der Waals surface area contributed by atoms with Crippen LogP contribution in [0.25, 0.3) is 0 Å². The zero-order valence-electron chi connectivity index (χ0n) is 11.6. The second kappa shape index (κ2) is 7.29. The van der Waals surface area contributed by atoms with Crippen molar-refractivity contribution in [3.8, 4) is 0 Å². The monoisotopic (exact) mass is 322 g/mol. The van der Waals surface area contributed by atoms with Crippen LogP contribution in [-0.4, -0.2) is 27.2 Å². The predicted octanol–water partition coefficient (Wildman–Crippen LogP) is 3.08. The van der Waals surface area contributed by atoms with E-state index in [0.29, 0.717) is 11.3 Å². The van der Waals surface area contributed by atoms with E-state index in [9.17, 15) is 28.2 Å². The second-order valence-corrected chi connectivity index (χ2v) is 6.04. The molecule has 0 fully saturated rings. The third-order valence-corrected chi connectivity index (χ3v) is 3.70. The van der Waals surface area contributed by atoms with Gasteiger partial charge in [0.2, 0.25) is 0 Å². The summed E-state index contributed by atoms with van der Waals surface area (Å²) in [6, 6.07) is 3.22. The molecule has 2 N–H and O–H groups in total. The summed E-state index contributed by atoms with van der Waals surface area (Å²) in [6.45, 7) is 2.87. The number of rotatable bonds is 5. The molecule has 0 aliphatic heterocycles. The average Bonchev–Trinajstić information content (AvgIpc) is 2.35. The smallest absolute Gasteiger partial charge is 0.390 e. The Kier molecular flexibility index (Phi) is 6.24. The molecule has 118 valence electrons. The van der Waals surface area contributed by atoms with Gasteiger partial charge in [0.15, 0.2) is 5.12 Å². The van der Waals surface area contributed by atoms with Crippen LogP contribution in [0.15, 0.2) is 18.2 Å². The predicted molar refractivity (Wildman–Crippen MR) is 74.9 cm³/mol. The van der Waals surface area contributed by atoms with E-state index >= 15 is 0 Å². The van der Waals surface area contributed by atoms with Gasteiger partial charge in [0, 0.05) is 12.7 Å². The van der Waals surface area contributed by atoms with Crippen molar-refractivity contribution in [2.75, 3.05) is 5.75 Å². The van der Waals surface area contributed by atoms with Gasteiger partial charge in [-0.15, -0.1) is 0 Å². The SMILES string of the molecule is CC(=O)SCCC(O)C(O)c1cc(C)cc(C(F)(F)F)c1. The van der Waals surface area contributed by atoms with E-state index in [4.69, 9.17) is 0 Å². The number of aliphatic hydroxyl groups is 2. The summed E-state index contributed by atoms with van der Waals surface area (Å²) in [7, 11) is 0. The number of carbonyl (C=O) groups excluding carboxylic acids is 1. The quantitative estimate of drug-likeness (QED) is 0.875. The number of halogens is 3. The molecule has 21 heavy (non-hydrogen) atoms. The Balaban J connectivity index is 2.84. The van der Waals surface area contributed by atoms with Crippen LogP contribution >= 0.6 is 11.8 Å².